The Balaban J connectivity index is 4.75. The minimum absolute atomic E-state index is 0.137. The van der Waals surface area contributed by atoms with E-state index >= 15 is 0 Å². The normalized spacial score (nSPS) is 17.2. The van der Waals surface area contributed by atoms with Gasteiger partial charge in [-0.25, -0.2) is 4.79 Å². The van der Waals surface area contributed by atoms with Crippen LogP contribution in [-0.4, -0.2) is 52.0 Å². The second-order valence-electron chi connectivity index (χ2n) is 4.91. The van der Waals surface area contributed by atoms with Crippen LogP contribution < -0.4 is 0 Å². The molecule has 0 fully saturated rings. The Morgan fingerprint density at radius 2 is 1.50 bits per heavy atom. The Bertz CT molecular complexity index is 243. The van der Waals surface area contributed by atoms with Crippen LogP contribution >= 0.6 is 0 Å². The van der Waals surface area contributed by atoms with Crippen molar-refractivity contribution in [3.8, 4) is 0 Å². The molecule has 0 aliphatic rings. The SMILES string of the molecule is CC(C)O[C@@H](C)C(OC(C(C)C)C(O)O)C(=O)O. The molecule has 0 spiro atoms. The zero-order chi connectivity index (χ0) is 14.5. The van der Waals surface area contributed by atoms with Gasteiger partial charge in [0.05, 0.1) is 12.2 Å². The lowest BCUT2D eigenvalue weighted by Crippen LogP contribution is -2.45. The molecule has 0 heterocycles. The van der Waals surface area contributed by atoms with Crippen LogP contribution in [-0.2, 0) is 14.3 Å². The van der Waals surface area contributed by atoms with E-state index in [2.05, 4.69) is 0 Å². The minimum atomic E-state index is -1.72. The lowest BCUT2D eigenvalue weighted by atomic mass is 10.1. The van der Waals surface area contributed by atoms with E-state index in [-0.39, 0.29) is 12.0 Å². The number of aliphatic carboxylic acids is 1. The maximum absolute atomic E-state index is 11.1. The van der Waals surface area contributed by atoms with Crippen molar-refractivity contribution >= 4 is 5.97 Å². The van der Waals surface area contributed by atoms with E-state index in [0.29, 0.717) is 0 Å². The second-order valence-corrected chi connectivity index (χ2v) is 4.91. The largest absolute Gasteiger partial charge is 0.479 e. The number of hydrogen-bond acceptors (Lipinski definition) is 5. The molecular weight excluding hydrogens is 240 g/mol. The molecule has 0 aromatic carbocycles. The van der Waals surface area contributed by atoms with Gasteiger partial charge in [-0.2, -0.15) is 0 Å². The third kappa shape index (κ3) is 5.77. The standard InChI is InChI=1S/C12H24O6/c1-6(2)9(11(13)14)18-10(12(15)16)8(5)17-7(3)4/h6-11,13-14H,1-5H3,(H,15,16)/t8-,9?,10?/m0/s1. The van der Waals surface area contributed by atoms with Crippen LogP contribution in [0.3, 0.4) is 0 Å². The van der Waals surface area contributed by atoms with Gasteiger partial charge in [0.1, 0.15) is 6.10 Å². The zero-order valence-corrected chi connectivity index (χ0v) is 11.5. The number of carboxylic acids is 1. The summed E-state index contributed by atoms with van der Waals surface area (Å²) in [5.74, 6) is -1.41. The van der Waals surface area contributed by atoms with Crippen LogP contribution in [0.2, 0.25) is 0 Å². The second kappa shape index (κ2) is 7.68. The van der Waals surface area contributed by atoms with Crippen LogP contribution in [0.5, 0.6) is 0 Å². The summed E-state index contributed by atoms with van der Waals surface area (Å²) in [4.78, 5) is 11.1. The number of aliphatic hydroxyl groups is 2. The molecule has 3 N–H and O–H groups in total. The van der Waals surface area contributed by atoms with Crippen molar-refractivity contribution in [3.05, 3.63) is 0 Å². The van der Waals surface area contributed by atoms with Crippen molar-refractivity contribution in [1.82, 2.24) is 0 Å². The van der Waals surface area contributed by atoms with Crippen molar-refractivity contribution in [1.29, 1.82) is 0 Å². The highest BCUT2D eigenvalue weighted by Gasteiger charge is 2.33. The quantitative estimate of drug-likeness (QED) is 0.556. The fourth-order valence-electron chi connectivity index (χ4n) is 1.61. The molecule has 0 saturated heterocycles. The van der Waals surface area contributed by atoms with Gasteiger partial charge in [0.2, 0.25) is 0 Å². The van der Waals surface area contributed by atoms with Crippen molar-refractivity contribution in [3.63, 3.8) is 0 Å². The maximum atomic E-state index is 11.1. The number of carbonyl (C=O) groups is 1. The Labute approximate surface area is 108 Å². The highest BCUT2D eigenvalue weighted by molar-refractivity contribution is 5.73. The molecule has 108 valence electrons. The molecule has 2 unspecified atom stereocenters. The van der Waals surface area contributed by atoms with Crippen molar-refractivity contribution in [2.24, 2.45) is 5.92 Å². The smallest absolute Gasteiger partial charge is 0.335 e. The molecule has 0 aromatic heterocycles. The Hall–Kier alpha value is -0.690. The molecule has 0 bridgehead atoms. The first-order valence-corrected chi connectivity index (χ1v) is 6.06. The number of ether oxygens (including phenoxy) is 2. The number of aliphatic hydroxyl groups excluding tert-OH is 1. The Morgan fingerprint density at radius 3 is 1.78 bits per heavy atom. The van der Waals surface area contributed by atoms with Crippen LogP contribution in [0.1, 0.15) is 34.6 Å². The molecule has 6 nitrogen and oxygen atoms in total. The fraction of sp³-hybridized carbons (Fsp3) is 0.917. The van der Waals surface area contributed by atoms with E-state index in [1.807, 2.05) is 0 Å². The topological polar surface area (TPSA) is 96.2 Å². The molecule has 3 atom stereocenters. The van der Waals surface area contributed by atoms with Gasteiger partial charge in [-0.05, 0) is 26.7 Å². The predicted octanol–water partition coefficient (Wildman–Crippen LogP) is 0.605. The first-order chi connectivity index (χ1) is 8.16. The molecule has 6 heteroatoms. The summed E-state index contributed by atoms with van der Waals surface area (Å²) in [6.45, 7) is 8.60. The summed E-state index contributed by atoms with van der Waals surface area (Å²) in [7, 11) is 0. The first-order valence-electron chi connectivity index (χ1n) is 6.06. The molecule has 0 aromatic rings. The van der Waals surface area contributed by atoms with Crippen LogP contribution in [0, 0.1) is 5.92 Å². The molecule has 0 rings (SSSR count). The average molecular weight is 264 g/mol. The van der Waals surface area contributed by atoms with Crippen LogP contribution in [0.25, 0.3) is 0 Å². The van der Waals surface area contributed by atoms with Gasteiger partial charge in [-0.3, -0.25) is 0 Å². The van der Waals surface area contributed by atoms with Crippen LogP contribution in [0.4, 0.5) is 0 Å². The van der Waals surface area contributed by atoms with Crippen LogP contribution in [0.15, 0.2) is 0 Å². The van der Waals surface area contributed by atoms with E-state index in [1.54, 1.807) is 34.6 Å². The molecule has 0 amide bonds. The third-order valence-corrected chi connectivity index (χ3v) is 2.41. The highest BCUT2D eigenvalue weighted by Crippen LogP contribution is 2.16. The van der Waals surface area contributed by atoms with Gasteiger partial charge >= 0.3 is 5.97 Å². The Kier molecular flexibility index (Phi) is 7.39. The van der Waals surface area contributed by atoms with E-state index in [0.717, 1.165) is 0 Å². The van der Waals surface area contributed by atoms with Gasteiger partial charge in [0.15, 0.2) is 12.4 Å². The summed E-state index contributed by atoms with van der Waals surface area (Å²) in [5.41, 5.74) is 0. The van der Waals surface area contributed by atoms with Crippen molar-refractivity contribution in [2.45, 2.75) is 65.3 Å². The van der Waals surface area contributed by atoms with Gasteiger partial charge in [-0.1, -0.05) is 13.8 Å². The summed E-state index contributed by atoms with van der Waals surface area (Å²) in [5, 5.41) is 27.4. The van der Waals surface area contributed by atoms with E-state index in [4.69, 9.17) is 14.6 Å². The fourth-order valence-corrected chi connectivity index (χ4v) is 1.61. The monoisotopic (exact) mass is 264 g/mol. The summed E-state index contributed by atoms with van der Waals surface area (Å²) >= 11 is 0. The van der Waals surface area contributed by atoms with E-state index < -0.39 is 30.6 Å². The van der Waals surface area contributed by atoms with Gasteiger partial charge < -0.3 is 24.8 Å². The van der Waals surface area contributed by atoms with Gasteiger partial charge in [0, 0.05) is 0 Å². The first kappa shape index (κ1) is 17.3. The summed E-state index contributed by atoms with van der Waals surface area (Å²) < 4.78 is 10.6. The highest BCUT2D eigenvalue weighted by atomic mass is 16.6. The maximum Gasteiger partial charge on any atom is 0.335 e. The number of carboxylic acid groups (broad SMARTS) is 1. The lowest BCUT2D eigenvalue weighted by Gasteiger charge is -2.30. The molecular formula is C12H24O6. The number of rotatable bonds is 8. The molecule has 0 aliphatic carbocycles. The molecule has 0 aliphatic heterocycles. The summed E-state index contributed by atoms with van der Waals surface area (Å²) in [6, 6.07) is 0. The minimum Gasteiger partial charge on any atom is -0.479 e. The van der Waals surface area contributed by atoms with Gasteiger partial charge in [-0.15, -0.1) is 0 Å². The van der Waals surface area contributed by atoms with Gasteiger partial charge in [0.25, 0.3) is 0 Å². The average Bonchev–Trinajstić information content (AvgIpc) is 2.14. The number of hydrogen-bond donors (Lipinski definition) is 3. The predicted molar refractivity (Wildman–Crippen MR) is 65.0 cm³/mol. The molecule has 18 heavy (non-hydrogen) atoms. The zero-order valence-electron chi connectivity index (χ0n) is 11.5. The van der Waals surface area contributed by atoms with Crippen molar-refractivity contribution < 1.29 is 29.6 Å². The van der Waals surface area contributed by atoms with E-state index in [1.165, 1.54) is 0 Å². The summed E-state index contributed by atoms with van der Waals surface area (Å²) in [6.07, 6.45) is -4.74. The molecule has 0 radical (unpaired) electrons. The Morgan fingerprint density at radius 1 is 1.00 bits per heavy atom. The lowest BCUT2D eigenvalue weighted by molar-refractivity contribution is -0.209. The molecule has 0 saturated carbocycles. The van der Waals surface area contributed by atoms with Crippen molar-refractivity contribution in [2.75, 3.05) is 0 Å². The third-order valence-electron chi connectivity index (χ3n) is 2.41. The van der Waals surface area contributed by atoms with E-state index in [9.17, 15) is 15.0 Å².